The minimum Gasteiger partial charge on any atom is -0.496 e. The van der Waals surface area contributed by atoms with Crippen LogP contribution in [0.1, 0.15) is 43.7 Å². The van der Waals surface area contributed by atoms with E-state index in [0.717, 1.165) is 12.2 Å². The predicted octanol–water partition coefficient (Wildman–Crippen LogP) is 3.39. The highest BCUT2D eigenvalue weighted by Crippen LogP contribution is 2.42. The third-order valence-electron chi connectivity index (χ3n) is 3.93. The fourth-order valence-electron chi connectivity index (χ4n) is 2.58. The van der Waals surface area contributed by atoms with Crippen molar-refractivity contribution in [3.05, 3.63) is 29.3 Å². The molecule has 19 heavy (non-hydrogen) atoms. The Morgan fingerprint density at radius 1 is 1.42 bits per heavy atom. The van der Waals surface area contributed by atoms with Crippen molar-refractivity contribution < 1.29 is 9.47 Å². The summed E-state index contributed by atoms with van der Waals surface area (Å²) in [6.07, 6.45) is 1.39. The molecule has 1 fully saturated rings. The van der Waals surface area contributed by atoms with E-state index in [2.05, 4.69) is 32.0 Å². The third kappa shape index (κ3) is 2.59. The van der Waals surface area contributed by atoms with Crippen molar-refractivity contribution in [1.82, 2.24) is 0 Å². The third-order valence-corrected chi connectivity index (χ3v) is 3.93. The van der Waals surface area contributed by atoms with Gasteiger partial charge in [0.05, 0.1) is 26.4 Å². The maximum atomic E-state index is 8.84. The Labute approximate surface area is 115 Å². The molecule has 1 saturated heterocycles. The molecule has 0 atom stereocenters. The van der Waals surface area contributed by atoms with Crippen LogP contribution in [0.5, 0.6) is 5.75 Å². The van der Waals surface area contributed by atoms with E-state index < -0.39 is 0 Å². The van der Waals surface area contributed by atoms with Crippen molar-refractivity contribution in [3.8, 4) is 11.8 Å². The zero-order chi connectivity index (χ0) is 13.9. The van der Waals surface area contributed by atoms with Gasteiger partial charge in [-0.1, -0.05) is 26.0 Å². The number of nitriles is 1. The average Bonchev–Trinajstić information content (AvgIpc) is 2.37. The Balaban J connectivity index is 2.40. The number of ether oxygens (including phenoxy) is 2. The second-order valence-corrected chi connectivity index (χ2v) is 5.55. The van der Waals surface area contributed by atoms with Crippen molar-refractivity contribution in [2.24, 2.45) is 0 Å². The molecular weight excluding hydrogens is 238 g/mol. The van der Waals surface area contributed by atoms with Crippen LogP contribution in [-0.2, 0) is 10.2 Å². The first-order chi connectivity index (χ1) is 9.13. The van der Waals surface area contributed by atoms with Crippen LogP contribution in [0.25, 0.3) is 0 Å². The molecule has 1 aliphatic heterocycles. The maximum absolute atomic E-state index is 8.84. The molecular formula is C16H21NO2. The van der Waals surface area contributed by atoms with E-state index in [-0.39, 0.29) is 5.41 Å². The highest BCUT2D eigenvalue weighted by molar-refractivity contribution is 5.45. The summed E-state index contributed by atoms with van der Waals surface area (Å²) in [6.45, 7) is 5.74. The van der Waals surface area contributed by atoms with E-state index in [1.807, 2.05) is 6.07 Å². The Kier molecular flexibility index (Phi) is 4.11. The fourth-order valence-corrected chi connectivity index (χ4v) is 2.58. The van der Waals surface area contributed by atoms with E-state index >= 15 is 0 Å². The lowest BCUT2D eigenvalue weighted by Crippen LogP contribution is -2.47. The van der Waals surface area contributed by atoms with Gasteiger partial charge in [0.25, 0.3) is 0 Å². The van der Waals surface area contributed by atoms with Gasteiger partial charge in [0.1, 0.15) is 5.75 Å². The SMILES string of the molecule is COc1ccc(C(C)C)cc1C1(CCC#N)COC1. The highest BCUT2D eigenvalue weighted by Gasteiger charge is 2.42. The van der Waals surface area contributed by atoms with Crippen LogP contribution < -0.4 is 4.74 Å². The number of hydrogen-bond acceptors (Lipinski definition) is 3. The maximum Gasteiger partial charge on any atom is 0.122 e. The molecule has 0 amide bonds. The molecule has 1 aromatic carbocycles. The second kappa shape index (κ2) is 5.63. The van der Waals surface area contributed by atoms with Gasteiger partial charge in [-0.25, -0.2) is 0 Å². The molecule has 0 aromatic heterocycles. The van der Waals surface area contributed by atoms with E-state index in [1.54, 1.807) is 7.11 Å². The van der Waals surface area contributed by atoms with Crippen molar-refractivity contribution in [3.63, 3.8) is 0 Å². The molecule has 1 aromatic rings. The Hall–Kier alpha value is -1.53. The van der Waals surface area contributed by atoms with Gasteiger partial charge in [0.2, 0.25) is 0 Å². The van der Waals surface area contributed by atoms with E-state index in [1.165, 1.54) is 11.1 Å². The zero-order valence-electron chi connectivity index (χ0n) is 11.9. The van der Waals surface area contributed by atoms with Gasteiger partial charge in [-0.15, -0.1) is 0 Å². The summed E-state index contributed by atoms with van der Waals surface area (Å²) in [4.78, 5) is 0. The quantitative estimate of drug-likeness (QED) is 0.814. The highest BCUT2D eigenvalue weighted by atomic mass is 16.5. The number of nitrogens with zero attached hydrogens (tertiary/aromatic N) is 1. The second-order valence-electron chi connectivity index (χ2n) is 5.55. The van der Waals surface area contributed by atoms with Crippen LogP contribution >= 0.6 is 0 Å². The Bertz CT molecular complexity index is 484. The number of rotatable bonds is 5. The summed E-state index contributed by atoms with van der Waals surface area (Å²) >= 11 is 0. The van der Waals surface area contributed by atoms with Gasteiger partial charge in [-0.3, -0.25) is 0 Å². The molecule has 3 heteroatoms. The molecule has 0 spiro atoms. The van der Waals surface area contributed by atoms with Gasteiger partial charge in [0, 0.05) is 17.4 Å². The van der Waals surface area contributed by atoms with Crippen LogP contribution in [-0.4, -0.2) is 20.3 Å². The first-order valence-corrected chi connectivity index (χ1v) is 6.76. The monoisotopic (exact) mass is 259 g/mol. The fraction of sp³-hybridized carbons (Fsp3) is 0.562. The summed E-state index contributed by atoms with van der Waals surface area (Å²) in [6, 6.07) is 8.62. The summed E-state index contributed by atoms with van der Waals surface area (Å²) in [7, 11) is 1.70. The van der Waals surface area contributed by atoms with Gasteiger partial charge in [-0.2, -0.15) is 5.26 Å². The molecule has 0 N–H and O–H groups in total. The van der Waals surface area contributed by atoms with Crippen LogP contribution in [0.3, 0.4) is 0 Å². The normalized spacial score (nSPS) is 16.8. The van der Waals surface area contributed by atoms with Crippen LogP contribution in [0, 0.1) is 11.3 Å². The molecule has 3 nitrogen and oxygen atoms in total. The van der Waals surface area contributed by atoms with Crippen LogP contribution in [0.4, 0.5) is 0 Å². The van der Waals surface area contributed by atoms with Gasteiger partial charge < -0.3 is 9.47 Å². The van der Waals surface area contributed by atoms with Gasteiger partial charge in [0.15, 0.2) is 0 Å². The molecule has 1 heterocycles. The molecule has 0 saturated carbocycles. The number of methoxy groups -OCH3 is 1. The van der Waals surface area contributed by atoms with Crippen LogP contribution in [0.2, 0.25) is 0 Å². The van der Waals surface area contributed by atoms with Crippen molar-refractivity contribution in [2.75, 3.05) is 20.3 Å². The largest absolute Gasteiger partial charge is 0.496 e. The molecule has 1 aliphatic rings. The summed E-state index contributed by atoms with van der Waals surface area (Å²) < 4.78 is 10.9. The molecule has 102 valence electrons. The smallest absolute Gasteiger partial charge is 0.122 e. The summed E-state index contributed by atoms with van der Waals surface area (Å²) in [5.41, 5.74) is 2.47. The minimum absolute atomic E-state index is 0.0357. The Morgan fingerprint density at radius 2 is 2.16 bits per heavy atom. The molecule has 0 bridgehead atoms. The predicted molar refractivity (Wildman–Crippen MR) is 74.4 cm³/mol. The lowest BCUT2D eigenvalue weighted by Gasteiger charge is -2.42. The number of benzene rings is 1. The Morgan fingerprint density at radius 3 is 2.63 bits per heavy atom. The first kappa shape index (κ1) is 13.9. The molecule has 0 aliphatic carbocycles. The zero-order valence-corrected chi connectivity index (χ0v) is 11.9. The lowest BCUT2D eigenvalue weighted by atomic mass is 9.74. The number of hydrogen-bond donors (Lipinski definition) is 0. The molecule has 0 unspecified atom stereocenters. The van der Waals surface area contributed by atoms with E-state index in [9.17, 15) is 0 Å². The van der Waals surface area contributed by atoms with Crippen LogP contribution in [0.15, 0.2) is 18.2 Å². The first-order valence-electron chi connectivity index (χ1n) is 6.76. The van der Waals surface area contributed by atoms with E-state index in [0.29, 0.717) is 25.6 Å². The average molecular weight is 259 g/mol. The summed E-state index contributed by atoms with van der Waals surface area (Å²) in [5, 5.41) is 8.84. The summed E-state index contributed by atoms with van der Waals surface area (Å²) in [5.74, 6) is 1.39. The van der Waals surface area contributed by atoms with Gasteiger partial charge >= 0.3 is 0 Å². The van der Waals surface area contributed by atoms with Crippen molar-refractivity contribution in [2.45, 2.75) is 38.0 Å². The lowest BCUT2D eigenvalue weighted by molar-refractivity contribution is -0.0646. The minimum atomic E-state index is -0.0357. The van der Waals surface area contributed by atoms with Crippen molar-refractivity contribution in [1.29, 1.82) is 5.26 Å². The molecule has 0 radical (unpaired) electrons. The topological polar surface area (TPSA) is 42.2 Å². The van der Waals surface area contributed by atoms with E-state index in [4.69, 9.17) is 14.7 Å². The van der Waals surface area contributed by atoms with Gasteiger partial charge in [-0.05, 0) is 24.0 Å². The molecule has 2 rings (SSSR count). The standard InChI is InChI=1S/C16H21NO2/c1-12(2)13-5-6-15(18-3)14(9-13)16(7-4-8-17)10-19-11-16/h5-6,9,12H,4,7,10-11H2,1-3H3. The van der Waals surface area contributed by atoms with Crippen molar-refractivity contribution >= 4 is 0 Å².